The number of pyridine rings is 1. The minimum Gasteiger partial charge on any atom is -0.306 e. The van der Waals surface area contributed by atoms with E-state index in [1.54, 1.807) is 30.5 Å². The van der Waals surface area contributed by atoms with Crippen molar-refractivity contribution in [3.63, 3.8) is 0 Å². The first-order chi connectivity index (χ1) is 13.5. The third kappa shape index (κ3) is 3.19. The highest BCUT2D eigenvalue weighted by atomic mass is 32.2. The van der Waals surface area contributed by atoms with Gasteiger partial charge >= 0.3 is 0 Å². The number of imidazole rings is 1. The number of nitrogens with one attached hydrogen (secondary N) is 1. The summed E-state index contributed by atoms with van der Waals surface area (Å²) in [6.45, 7) is 0. The fourth-order valence-corrected chi connectivity index (χ4v) is 4.15. The van der Waals surface area contributed by atoms with Gasteiger partial charge in [-0.05, 0) is 24.3 Å². The number of para-hydroxylation sites is 2. The van der Waals surface area contributed by atoms with Crippen molar-refractivity contribution in [3.8, 4) is 11.3 Å². The van der Waals surface area contributed by atoms with Gasteiger partial charge < -0.3 is 4.40 Å². The van der Waals surface area contributed by atoms with E-state index in [9.17, 15) is 18.5 Å². The number of anilines is 1. The minimum atomic E-state index is -4.18. The van der Waals surface area contributed by atoms with Crippen LogP contribution in [-0.4, -0.2) is 22.7 Å². The Morgan fingerprint density at radius 1 is 0.964 bits per heavy atom. The Labute approximate surface area is 160 Å². The monoisotopic (exact) mass is 394 g/mol. The van der Waals surface area contributed by atoms with Crippen LogP contribution in [0.15, 0.2) is 84.0 Å². The van der Waals surface area contributed by atoms with Gasteiger partial charge in [0.05, 0.1) is 16.3 Å². The van der Waals surface area contributed by atoms with Crippen molar-refractivity contribution in [2.24, 2.45) is 0 Å². The van der Waals surface area contributed by atoms with Gasteiger partial charge in [0.25, 0.3) is 15.7 Å². The molecule has 2 aromatic carbocycles. The number of rotatable bonds is 5. The van der Waals surface area contributed by atoms with E-state index in [0.29, 0.717) is 16.9 Å². The van der Waals surface area contributed by atoms with Crippen molar-refractivity contribution in [3.05, 3.63) is 89.2 Å². The number of fused-ring (bicyclic) bond motifs is 1. The molecule has 0 saturated heterocycles. The third-order valence-corrected chi connectivity index (χ3v) is 5.58. The lowest BCUT2D eigenvalue weighted by molar-refractivity contribution is -0.387. The smallest absolute Gasteiger partial charge is 0.289 e. The van der Waals surface area contributed by atoms with E-state index in [1.165, 1.54) is 18.2 Å². The number of nitro benzene ring substituents is 1. The van der Waals surface area contributed by atoms with Crippen molar-refractivity contribution < 1.29 is 13.3 Å². The Kier molecular flexibility index (Phi) is 4.28. The molecule has 0 radical (unpaired) electrons. The van der Waals surface area contributed by atoms with Gasteiger partial charge in [-0.15, -0.1) is 0 Å². The second kappa shape index (κ2) is 6.78. The van der Waals surface area contributed by atoms with E-state index in [2.05, 4.69) is 9.71 Å². The van der Waals surface area contributed by atoms with Gasteiger partial charge in [-0.1, -0.05) is 36.4 Å². The molecule has 140 valence electrons. The van der Waals surface area contributed by atoms with Crippen LogP contribution >= 0.6 is 0 Å². The summed E-state index contributed by atoms with van der Waals surface area (Å²) in [5.41, 5.74) is 1.65. The Hall–Kier alpha value is -3.72. The minimum absolute atomic E-state index is 0.282. The number of hydrogen-bond acceptors (Lipinski definition) is 5. The Balaban J connectivity index is 1.78. The van der Waals surface area contributed by atoms with Crippen LogP contribution in [0.4, 0.5) is 11.4 Å². The van der Waals surface area contributed by atoms with Crippen molar-refractivity contribution in [1.29, 1.82) is 0 Å². The highest BCUT2D eigenvalue weighted by Gasteiger charge is 2.26. The second-order valence-electron chi connectivity index (χ2n) is 5.97. The molecule has 1 N–H and O–H groups in total. The molecule has 2 heterocycles. The quantitative estimate of drug-likeness (QED) is 0.410. The first-order valence-electron chi connectivity index (χ1n) is 8.25. The van der Waals surface area contributed by atoms with Crippen LogP contribution in [-0.2, 0) is 10.0 Å². The summed E-state index contributed by atoms with van der Waals surface area (Å²) in [4.78, 5) is 14.6. The average molecular weight is 394 g/mol. The van der Waals surface area contributed by atoms with Gasteiger partial charge in [0.2, 0.25) is 0 Å². The topological polar surface area (TPSA) is 107 Å². The molecule has 4 aromatic rings. The molecule has 9 heteroatoms. The first-order valence-corrected chi connectivity index (χ1v) is 9.73. The molecule has 0 unspecified atom stereocenters. The highest BCUT2D eigenvalue weighted by Crippen LogP contribution is 2.31. The summed E-state index contributed by atoms with van der Waals surface area (Å²) >= 11 is 0. The van der Waals surface area contributed by atoms with Gasteiger partial charge in [-0.25, -0.2) is 13.4 Å². The molecule has 4 rings (SSSR count). The van der Waals surface area contributed by atoms with Crippen LogP contribution in [0, 0.1) is 10.1 Å². The van der Waals surface area contributed by atoms with Gasteiger partial charge in [0.15, 0.2) is 4.90 Å². The van der Waals surface area contributed by atoms with Gasteiger partial charge in [-0.2, -0.15) is 0 Å². The maximum absolute atomic E-state index is 12.8. The Morgan fingerprint density at radius 2 is 1.68 bits per heavy atom. The molecule has 8 nitrogen and oxygen atoms in total. The number of sulfonamides is 1. The zero-order valence-electron chi connectivity index (χ0n) is 14.4. The van der Waals surface area contributed by atoms with Crippen LogP contribution in [0.3, 0.4) is 0 Å². The lowest BCUT2D eigenvalue weighted by atomic mass is 10.1. The maximum atomic E-state index is 12.8. The number of benzene rings is 2. The number of hydrogen-bond donors (Lipinski definition) is 1. The molecular weight excluding hydrogens is 380 g/mol. The second-order valence-corrected chi connectivity index (χ2v) is 7.62. The average Bonchev–Trinajstić information content (AvgIpc) is 3.12. The molecule has 0 aliphatic heterocycles. The first kappa shape index (κ1) is 17.7. The molecule has 0 bridgehead atoms. The maximum Gasteiger partial charge on any atom is 0.289 e. The number of nitrogens with zero attached hydrogens (tertiary/aromatic N) is 3. The van der Waals surface area contributed by atoms with E-state index in [-0.39, 0.29) is 5.69 Å². The summed E-state index contributed by atoms with van der Waals surface area (Å²) in [7, 11) is -4.18. The van der Waals surface area contributed by atoms with Crippen molar-refractivity contribution in [2.75, 3.05) is 4.72 Å². The summed E-state index contributed by atoms with van der Waals surface area (Å²) in [6.07, 6.45) is 3.62. The highest BCUT2D eigenvalue weighted by molar-refractivity contribution is 7.92. The van der Waals surface area contributed by atoms with Crippen LogP contribution in [0.2, 0.25) is 0 Å². The molecule has 0 aliphatic carbocycles. The zero-order chi connectivity index (χ0) is 19.7. The third-order valence-electron chi connectivity index (χ3n) is 4.16. The standard InChI is InChI=1S/C19H14N4O4S/c24-23(25)17-9-3-4-10-18(17)28(26,27)21-15-8-2-1-7-14(15)16-13-22-12-6-5-11-19(22)20-16/h1-13,21H. The van der Waals surface area contributed by atoms with Crippen LogP contribution in [0.1, 0.15) is 0 Å². The normalized spacial score (nSPS) is 11.4. The predicted octanol–water partition coefficient (Wildman–Crippen LogP) is 3.71. The number of aromatic nitrogens is 2. The molecule has 0 fully saturated rings. The van der Waals surface area contributed by atoms with Crippen LogP contribution in [0.25, 0.3) is 16.9 Å². The van der Waals surface area contributed by atoms with Gasteiger partial charge in [0, 0.05) is 24.0 Å². The predicted molar refractivity (Wildman–Crippen MR) is 105 cm³/mol. The molecule has 0 aliphatic rings. The summed E-state index contributed by atoms with van der Waals surface area (Å²) in [6, 6.07) is 17.5. The lowest BCUT2D eigenvalue weighted by Crippen LogP contribution is -2.15. The van der Waals surface area contributed by atoms with Crippen molar-refractivity contribution in [1.82, 2.24) is 9.38 Å². The lowest BCUT2D eigenvalue weighted by Gasteiger charge is -2.11. The number of nitro groups is 1. The summed E-state index contributed by atoms with van der Waals surface area (Å²) in [5, 5.41) is 11.2. The van der Waals surface area contributed by atoms with Gasteiger partial charge in [-0.3, -0.25) is 14.8 Å². The fraction of sp³-hybridized carbons (Fsp3) is 0. The fourth-order valence-electron chi connectivity index (χ4n) is 2.89. The van der Waals surface area contributed by atoms with E-state index < -0.39 is 25.5 Å². The molecule has 0 saturated carbocycles. The molecule has 0 atom stereocenters. The molecule has 28 heavy (non-hydrogen) atoms. The largest absolute Gasteiger partial charge is 0.306 e. The molecule has 0 spiro atoms. The molecular formula is C19H14N4O4S. The SMILES string of the molecule is O=[N+]([O-])c1ccccc1S(=O)(=O)Nc1ccccc1-c1cn2ccccc2n1. The van der Waals surface area contributed by atoms with Crippen LogP contribution < -0.4 is 4.72 Å². The van der Waals surface area contributed by atoms with Crippen molar-refractivity contribution >= 4 is 27.0 Å². The summed E-state index contributed by atoms with van der Waals surface area (Å²) in [5.74, 6) is 0. The van der Waals surface area contributed by atoms with Gasteiger partial charge in [0.1, 0.15) is 5.65 Å². The summed E-state index contributed by atoms with van der Waals surface area (Å²) < 4.78 is 30.0. The van der Waals surface area contributed by atoms with E-state index in [1.807, 2.05) is 28.8 Å². The Bertz CT molecular complexity index is 1270. The van der Waals surface area contributed by atoms with E-state index in [0.717, 1.165) is 6.07 Å². The zero-order valence-corrected chi connectivity index (χ0v) is 15.2. The Morgan fingerprint density at radius 3 is 2.46 bits per heavy atom. The van der Waals surface area contributed by atoms with Crippen molar-refractivity contribution in [2.45, 2.75) is 4.90 Å². The molecule has 0 amide bonds. The van der Waals surface area contributed by atoms with Crippen LogP contribution in [0.5, 0.6) is 0 Å². The van der Waals surface area contributed by atoms with E-state index >= 15 is 0 Å². The van der Waals surface area contributed by atoms with E-state index in [4.69, 9.17) is 0 Å². The molecule has 2 aromatic heterocycles.